The lowest BCUT2D eigenvalue weighted by molar-refractivity contribution is -0.137. The van der Waals surface area contributed by atoms with Crippen LogP contribution in [-0.4, -0.2) is 41.4 Å². The van der Waals surface area contributed by atoms with E-state index in [1.807, 2.05) is 41.0 Å². The zero-order valence-corrected chi connectivity index (χ0v) is 11.6. The molecule has 0 aliphatic carbocycles. The molecule has 5 heteroatoms. The van der Waals surface area contributed by atoms with Gasteiger partial charge >= 0.3 is 0 Å². The Morgan fingerprint density at radius 1 is 1.37 bits per heavy atom. The number of amides is 1. The molecule has 1 aliphatic rings. The molecule has 1 amide bonds. The maximum absolute atomic E-state index is 12.0. The molecule has 1 heterocycles. The van der Waals surface area contributed by atoms with Gasteiger partial charge in [0.1, 0.15) is 0 Å². The average molecular weight is 278 g/mol. The standard InChI is InChI=1S/C14H16ClN3O/c1-11(8-16)17-6-7-18(14(19)10-17)9-12-2-4-13(15)5-3-12/h2-5,11H,6-7,9-10H2,1H3/t11-/m0/s1. The minimum absolute atomic E-state index is 0.0725. The van der Waals surface area contributed by atoms with Crippen LogP contribution in [0.2, 0.25) is 5.02 Å². The molecule has 0 bridgehead atoms. The van der Waals surface area contributed by atoms with Crippen molar-refractivity contribution in [2.24, 2.45) is 0 Å². The number of hydrogen-bond donors (Lipinski definition) is 0. The van der Waals surface area contributed by atoms with Crippen molar-refractivity contribution in [2.45, 2.75) is 19.5 Å². The summed E-state index contributed by atoms with van der Waals surface area (Å²) in [5, 5.41) is 9.57. The highest BCUT2D eigenvalue weighted by Gasteiger charge is 2.26. The van der Waals surface area contributed by atoms with Gasteiger partial charge in [-0.1, -0.05) is 23.7 Å². The van der Waals surface area contributed by atoms with E-state index in [2.05, 4.69) is 6.07 Å². The highest BCUT2D eigenvalue weighted by atomic mass is 35.5. The molecule has 1 saturated heterocycles. The van der Waals surface area contributed by atoms with Crippen molar-refractivity contribution in [3.8, 4) is 6.07 Å². The van der Waals surface area contributed by atoms with Gasteiger partial charge in [0.2, 0.25) is 5.91 Å². The number of carbonyl (C=O) groups is 1. The van der Waals surface area contributed by atoms with Crippen LogP contribution in [0.1, 0.15) is 12.5 Å². The molecule has 1 atom stereocenters. The number of hydrogen-bond acceptors (Lipinski definition) is 3. The molecule has 100 valence electrons. The number of nitrogens with zero attached hydrogens (tertiary/aromatic N) is 3. The first-order chi connectivity index (χ1) is 9.10. The second kappa shape index (κ2) is 6.05. The van der Waals surface area contributed by atoms with Crippen LogP contribution >= 0.6 is 11.6 Å². The van der Waals surface area contributed by atoms with Crippen LogP contribution in [0.4, 0.5) is 0 Å². The van der Waals surface area contributed by atoms with E-state index >= 15 is 0 Å². The Balaban J connectivity index is 1.95. The Morgan fingerprint density at radius 3 is 2.63 bits per heavy atom. The number of halogens is 1. The minimum Gasteiger partial charge on any atom is -0.336 e. The summed E-state index contributed by atoms with van der Waals surface area (Å²) in [4.78, 5) is 15.8. The zero-order valence-electron chi connectivity index (χ0n) is 10.8. The molecule has 2 rings (SSSR count). The molecule has 0 radical (unpaired) electrons. The summed E-state index contributed by atoms with van der Waals surface area (Å²) in [6.45, 7) is 4.15. The molecule has 0 spiro atoms. The summed E-state index contributed by atoms with van der Waals surface area (Å²) in [7, 11) is 0. The van der Waals surface area contributed by atoms with E-state index in [-0.39, 0.29) is 11.9 Å². The van der Waals surface area contributed by atoms with Gasteiger partial charge in [-0.15, -0.1) is 0 Å². The number of benzene rings is 1. The fourth-order valence-electron chi connectivity index (χ4n) is 2.12. The summed E-state index contributed by atoms with van der Waals surface area (Å²) >= 11 is 5.84. The third kappa shape index (κ3) is 3.46. The Bertz CT molecular complexity index is 494. The molecular weight excluding hydrogens is 262 g/mol. The maximum atomic E-state index is 12.0. The van der Waals surface area contributed by atoms with E-state index in [4.69, 9.17) is 16.9 Å². The van der Waals surface area contributed by atoms with E-state index in [0.29, 0.717) is 24.7 Å². The second-order valence-electron chi connectivity index (χ2n) is 4.72. The lowest BCUT2D eigenvalue weighted by atomic mass is 10.2. The first kappa shape index (κ1) is 13.9. The van der Waals surface area contributed by atoms with Crippen LogP contribution in [0, 0.1) is 11.3 Å². The maximum Gasteiger partial charge on any atom is 0.237 e. The SMILES string of the molecule is C[C@@H](C#N)N1CCN(Cc2ccc(Cl)cc2)C(=O)C1. The molecule has 0 N–H and O–H groups in total. The molecule has 19 heavy (non-hydrogen) atoms. The van der Waals surface area contributed by atoms with Crippen molar-refractivity contribution >= 4 is 17.5 Å². The van der Waals surface area contributed by atoms with Crippen LogP contribution in [0.3, 0.4) is 0 Å². The minimum atomic E-state index is -0.207. The van der Waals surface area contributed by atoms with Crippen molar-refractivity contribution < 1.29 is 4.79 Å². The molecule has 0 unspecified atom stereocenters. The monoisotopic (exact) mass is 277 g/mol. The predicted molar refractivity (Wildman–Crippen MR) is 73.5 cm³/mol. The Kier molecular flexibility index (Phi) is 4.41. The average Bonchev–Trinajstić information content (AvgIpc) is 2.42. The molecule has 1 aromatic carbocycles. The number of carbonyl (C=O) groups excluding carboxylic acids is 1. The van der Waals surface area contributed by atoms with Crippen LogP contribution in [-0.2, 0) is 11.3 Å². The lowest BCUT2D eigenvalue weighted by Gasteiger charge is -2.35. The first-order valence-corrected chi connectivity index (χ1v) is 6.64. The second-order valence-corrected chi connectivity index (χ2v) is 5.15. The number of nitriles is 1. The topological polar surface area (TPSA) is 47.3 Å². The molecule has 0 saturated carbocycles. The Morgan fingerprint density at radius 2 is 2.05 bits per heavy atom. The third-order valence-corrected chi connectivity index (χ3v) is 3.62. The molecule has 1 aromatic rings. The fraction of sp³-hybridized carbons (Fsp3) is 0.429. The highest BCUT2D eigenvalue weighted by molar-refractivity contribution is 6.30. The highest BCUT2D eigenvalue weighted by Crippen LogP contribution is 2.14. The van der Waals surface area contributed by atoms with Crippen LogP contribution in [0.15, 0.2) is 24.3 Å². The molecule has 1 aliphatic heterocycles. The third-order valence-electron chi connectivity index (χ3n) is 3.37. The summed E-state index contributed by atoms with van der Waals surface area (Å²) in [5.74, 6) is 0.0725. The van der Waals surface area contributed by atoms with Gasteiger partial charge in [-0.3, -0.25) is 9.69 Å². The predicted octanol–water partition coefficient (Wildman–Crippen LogP) is 1.90. The fourth-order valence-corrected chi connectivity index (χ4v) is 2.24. The van der Waals surface area contributed by atoms with Crippen LogP contribution in [0.5, 0.6) is 0 Å². The van der Waals surface area contributed by atoms with Crippen molar-refractivity contribution in [1.29, 1.82) is 5.26 Å². The van der Waals surface area contributed by atoms with Crippen LogP contribution in [0.25, 0.3) is 0 Å². The Labute approximate surface area is 118 Å². The van der Waals surface area contributed by atoms with E-state index < -0.39 is 0 Å². The van der Waals surface area contributed by atoms with Gasteiger partial charge in [-0.05, 0) is 24.6 Å². The first-order valence-electron chi connectivity index (χ1n) is 6.26. The number of rotatable bonds is 3. The molecule has 1 fully saturated rings. The van der Waals surface area contributed by atoms with Crippen molar-refractivity contribution in [2.75, 3.05) is 19.6 Å². The lowest BCUT2D eigenvalue weighted by Crippen LogP contribution is -2.52. The van der Waals surface area contributed by atoms with Gasteiger partial charge in [-0.25, -0.2) is 0 Å². The largest absolute Gasteiger partial charge is 0.336 e. The van der Waals surface area contributed by atoms with Crippen molar-refractivity contribution in [3.05, 3.63) is 34.9 Å². The molecule has 4 nitrogen and oxygen atoms in total. The molecule has 0 aromatic heterocycles. The summed E-state index contributed by atoms with van der Waals surface area (Å²) in [6, 6.07) is 9.48. The van der Waals surface area contributed by atoms with E-state index in [1.165, 1.54) is 0 Å². The summed E-state index contributed by atoms with van der Waals surface area (Å²) in [6.07, 6.45) is 0. The van der Waals surface area contributed by atoms with Gasteiger partial charge in [0.15, 0.2) is 0 Å². The van der Waals surface area contributed by atoms with E-state index in [9.17, 15) is 4.79 Å². The van der Waals surface area contributed by atoms with Gasteiger partial charge < -0.3 is 4.90 Å². The smallest absolute Gasteiger partial charge is 0.237 e. The van der Waals surface area contributed by atoms with Crippen molar-refractivity contribution in [3.63, 3.8) is 0 Å². The summed E-state index contributed by atoms with van der Waals surface area (Å²) < 4.78 is 0. The Hall–Kier alpha value is -1.57. The normalized spacial score (nSPS) is 18.2. The van der Waals surface area contributed by atoms with E-state index in [0.717, 1.165) is 12.1 Å². The zero-order chi connectivity index (χ0) is 13.8. The van der Waals surface area contributed by atoms with E-state index in [1.54, 1.807) is 0 Å². The van der Waals surface area contributed by atoms with Gasteiger partial charge in [0, 0.05) is 24.7 Å². The van der Waals surface area contributed by atoms with Gasteiger partial charge in [-0.2, -0.15) is 5.26 Å². The van der Waals surface area contributed by atoms with Gasteiger partial charge in [0.05, 0.1) is 18.7 Å². The van der Waals surface area contributed by atoms with Crippen molar-refractivity contribution in [1.82, 2.24) is 9.80 Å². The van der Waals surface area contributed by atoms with Gasteiger partial charge in [0.25, 0.3) is 0 Å². The quantitative estimate of drug-likeness (QED) is 0.848. The summed E-state index contributed by atoms with van der Waals surface area (Å²) in [5.41, 5.74) is 1.07. The number of piperazine rings is 1. The molecular formula is C14H16ClN3O. The van der Waals surface area contributed by atoms with Crippen LogP contribution < -0.4 is 0 Å².